The number of alkyl halides is 1. The minimum atomic E-state index is 0. The molecule has 4 rings (SSSR count). The molecule has 0 atom stereocenters. The van der Waals surface area contributed by atoms with E-state index in [9.17, 15) is 0 Å². The lowest BCUT2D eigenvalue weighted by atomic mass is 10.5. The highest BCUT2D eigenvalue weighted by atomic mass is 127. The first kappa shape index (κ1) is 47.1. The summed E-state index contributed by atoms with van der Waals surface area (Å²) in [4.78, 5) is 15.7. The van der Waals surface area contributed by atoms with Crippen LogP contribution in [0.15, 0.2) is 67.1 Å². The molecule has 13 heteroatoms. The number of thiocarbonyl (C=S) groups is 1. The topological polar surface area (TPSA) is 142 Å². The van der Waals surface area contributed by atoms with Gasteiger partial charge in [-0.25, -0.2) is 19.9 Å². The Balaban J connectivity index is -0.000000125. The van der Waals surface area contributed by atoms with E-state index < -0.39 is 0 Å². The highest BCUT2D eigenvalue weighted by molar-refractivity contribution is 14.1. The largest absolute Gasteiger partial charge is 0.384 e. The van der Waals surface area contributed by atoms with Crippen molar-refractivity contribution in [1.82, 2.24) is 19.9 Å². The number of pyridine rings is 3. The second kappa shape index (κ2) is 38.5. The van der Waals surface area contributed by atoms with Gasteiger partial charge in [-0.3, -0.25) is 0 Å². The standard InChI is InChI=1S/C6H5N3S.C6H7N3S.C5H6N2.C2H5I.3C2H6.CH4.Br2/c7-6-9-5-4(10-6)2-1-3-8-5;7-6(10)9-5-3-1-2-4-8-5;6-5-3-1-2-4-7-5;1-2-3;3*1-2;;1-2/h1-3H,(H2,7,8,9);1-4H,(H3,7,8,9,10);1-4H,(H2,6,7);2H2,1H3;3*1-2H3;1H4;. The van der Waals surface area contributed by atoms with Gasteiger partial charge in [-0.2, -0.15) is 0 Å². The number of rotatable bonds is 1. The molecule has 7 N–H and O–H groups in total. The van der Waals surface area contributed by atoms with Gasteiger partial charge in [-0.15, -0.1) is 0 Å². The Bertz CT molecular complexity index is 966. The van der Waals surface area contributed by atoms with Crippen LogP contribution in [0.25, 0.3) is 10.3 Å². The predicted molar refractivity (Wildman–Crippen MR) is 198 cm³/mol. The van der Waals surface area contributed by atoms with Crippen LogP contribution in [0.1, 0.15) is 55.9 Å². The molecular formula is C26H45Br2IN8S2. The first-order valence-electron chi connectivity index (χ1n) is 11.8. The molecule has 0 unspecified atom stereocenters. The number of hydrogen-bond donors (Lipinski definition) is 4. The van der Waals surface area contributed by atoms with Crippen LogP contribution in [0.5, 0.6) is 0 Å². The van der Waals surface area contributed by atoms with Crippen LogP contribution in [0.4, 0.5) is 16.8 Å². The third-order valence-electron chi connectivity index (χ3n) is 2.79. The maximum atomic E-state index is 5.46. The van der Waals surface area contributed by atoms with Gasteiger partial charge in [-0.1, -0.05) is 102 Å². The Morgan fingerprint density at radius 1 is 0.872 bits per heavy atom. The summed E-state index contributed by atoms with van der Waals surface area (Å²) >= 11 is 13.8. The normalized spacial score (nSPS) is 7.54. The number of nitrogens with one attached hydrogen (secondary N) is 1. The highest BCUT2D eigenvalue weighted by Crippen LogP contribution is 2.20. The van der Waals surface area contributed by atoms with Crippen LogP contribution in [-0.2, 0) is 0 Å². The molecule has 0 saturated carbocycles. The number of nitrogens with two attached hydrogens (primary N) is 3. The second-order valence-corrected chi connectivity index (χ2v) is 8.13. The summed E-state index contributed by atoms with van der Waals surface area (Å²) in [6.07, 6.45) is 5.04. The Labute approximate surface area is 274 Å². The van der Waals surface area contributed by atoms with Crippen molar-refractivity contribution in [3.05, 3.63) is 67.1 Å². The Kier molecular flexibility index (Phi) is 46.5. The fourth-order valence-electron chi connectivity index (χ4n) is 1.72. The molecule has 0 fully saturated rings. The molecule has 0 saturated heterocycles. The van der Waals surface area contributed by atoms with Gasteiger partial charge >= 0.3 is 0 Å². The van der Waals surface area contributed by atoms with Crippen LogP contribution in [0.3, 0.4) is 0 Å². The van der Waals surface area contributed by atoms with Gasteiger partial charge in [0.15, 0.2) is 15.9 Å². The molecule has 4 aromatic heterocycles. The first-order valence-corrected chi connectivity index (χ1v) is 18.2. The number of fused-ring (bicyclic) bond motifs is 1. The zero-order valence-electron chi connectivity index (χ0n) is 23.0. The van der Waals surface area contributed by atoms with E-state index in [1.165, 1.54) is 15.8 Å². The number of nitrogens with zero attached hydrogens (tertiary/aromatic N) is 4. The molecule has 4 aromatic rings. The maximum Gasteiger partial charge on any atom is 0.182 e. The number of thiazole rings is 1. The molecule has 4 heterocycles. The minimum absolute atomic E-state index is 0. The Morgan fingerprint density at radius 2 is 1.36 bits per heavy atom. The minimum Gasteiger partial charge on any atom is -0.384 e. The molecule has 0 aliphatic rings. The van der Waals surface area contributed by atoms with Crippen molar-refractivity contribution >= 4 is 107 Å². The van der Waals surface area contributed by atoms with E-state index in [-0.39, 0.29) is 12.5 Å². The summed E-state index contributed by atoms with van der Waals surface area (Å²) < 4.78 is 2.26. The smallest absolute Gasteiger partial charge is 0.182 e. The van der Waals surface area contributed by atoms with E-state index in [0.29, 0.717) is 16.8 Å². The summed E-state index contributed by atoms with van der Waals surface area (Å²) in [6, 6.07) is 14.7. The van der Waals surface area contributed by atoms with Crippen molar-refractivity contribution in [3.63, 3.8) is 0 Å². The summed E-state index contributed by atoms with van der Waals surface area (Å²) in [7, 11) is 0. The number of anilines is 3. The van der Waals surface area contributed by atoms with Crippen LogP contribution in [0, 0.1) is 0 Å². The zero-order valence-corrected chi connectivity index (χ0v) is 30.0. The summed E-state index contributed by atoms with van der Waals surface area (Å²) in [5.41, 5.74) is 16.7. The molecule has 0 aromatic carbocycles. The Hall–Kier alpha value is -1.68. The quantitative estimate of drug-likeness (QED) is 0.0840. The SMILES string of the molecule is BrBr.C.CC.CC.CC.CCI.NC(=S)Nc1ccccn1.Nc1ccccn1.Nc1nc2ncccc2s1. The van der Waals surface area contributed by atoms with Crippen LogP contribution in [-0.4, -0.2) is 29.5 Å². The zero-order chi connectivity index (χ0) is 30.2. The number of halogens is 3. The lowest BCUT2D eigenvalue weighted by Crippen LogP contribution is -2.19. The number of aromatic nitrogens is 4. The predicted octanol–water partition coefficient (Wildman–Crippen LogP) is 9.52. The summed E-state index contributed by atoms with van der Waals surface area (Å²) in [5.74, 6) is 1.25. The van der Waals surface area contributed by atoms with Crippen LogP contribution < -0.4 is 22.5 Å². The second-order valence-electron chi connectivity index (χ2n) is 5.10. The van der Waals surface area contributed by atoms with Gasteiger partial charge < -0.3 is 22.5 Å². The van der Waals surface area contributed by atoms with Crippen molar-refractivity contribution in [2.45, 2.75) is 55.9 Å². The molecule has 0 aliphatic heterocycles. The fraction of sp³-hybridized carbons (Fsp3) is 0.346. The van der Waals surface area contributed by atoms with E-state index in [0.717, 1.165) is 10.3 Å². The summed E-state index contributed by atoms with van der Waals surface area (Å²) in [6.45, 7) is 14.1. The summed E-state index contributed by atoms with van der Waals surface area (Å²) in [5, 5.41) is 3.52. The van der Waals surface area contributed by atoms with Crippen LogP contribution >= 0.6 is 74.4 Å². The lowest BCUT2D eigenvalue weighted by molar-refractivity contribution is 1.32. The molecule has 0 aliphatic carbocycles. The van der Waals surface area contributed by atoms with Crippen molar-refractivity contribution in [2.24, 2.45) is 5.73 Å². The van der Waals surface area contributed by atoms with E-state index in [1.807, 2.05) is 77.9 Å². The number of hydrogen-bond acceptors (Lipinski definition) is 8. The molecule has 0 amide bonds. The van der Waals surface area contributed by atoms with Crippen molar-refractivity contribution in [1.29, 1.82) is 0 Å². The number of nitrogen functional groups attached to an aromatic ring is 2. The lowest BCUT2D eigenvalue weighted by Gasteiger charge is -1.99. The van der Waals surface area contributed by atoms with Gasteiger partial charge in [-0.05, 0) is 53.0 Å². The monoisotopic (exact) mass is 818 g/mol. The molecule has 0 radical (unpaired) electrons. The molecule has 0 bridgehead atoms. The molecule has 39 heavy (non-hydrogen) atoms. The molecule has 222 valence electrons. The van der Waals surface area contributed by atoms with Gasteiger partial charge in [0.05, 0.1) is 4.70 Å². The first-order chi connectivity index (χ1) is 18.5. The van der Waals surface area contributed by atoms with E-state index in [1.54, 1.807) is 30.7 Å². The van der Waals surface area contributed by atoms with Crippen molar-refractivity contribution in [3.8, 4) is 0 Å². The average Bonchev–Trinajstić information content (AvgIpc) is 3.35. The molecular weight excluding hydrogens is 775 g/mol. The van der Waals surface area contributed by atoms with Gasteiger partial charge in [0.1, 0.15) is 11.6 Å². The van der Waals surface area contributed by atoms with Gasteiger partial charge in [0.25, 0.3) is 0 Å². The van der Waals surface area contributed by atoms with Crippen molar-refractivity contribution in [2.75, 3.05) is 21.2 Å². The van der Waals surface area contributed by atoms with Crippen LogP contribution in [0.2, 0.25) is 0 Å². The third-order valence-corrected chi connectivity index (χ3v) is 3.73. The van der Waals surface area contributed by atoms with Gasteiger partial charge in [0.2, 0.25) is 0 Å². The Morgan fingerprint density at radius 3 is 1.72 bits per heavy atom. The third kappa shape index (κ3) is 30.7. The van der Waals surface area contributed by atoms with E-state index >= 15 is 0 Å². The van der Waals surface area contributed by atoms with Gasteiger partial charge in [0, 0.05) is 46.8 Å². The molecule has 8 nitrogen and oxygen atoms in total. The van der Waals surface area contributed by atoms with Crippen molar-refractivity contribution < 1.29 is 0 Å². The van der Waals surface area contributed by atoms with E-state index in [4.69, 9.17) is 17.2 Å². The maximum absolute atomic E-state index is 5.46. The molecule has 0 spiro atoms. The van der Waals surface area contributed by atoms with E-state index in [2.05, 4.69) is 95.2 Å². The average molecular weight is 821 g/mol. The highest BCUT2D eigenvalue weighted by Gasteiger charge is 1.97. The fourth-order valence-corrected chi connectivity index (χ4v) is 2.52.